The Balaban J connectivity index is 1.85. The number of benzene rings is 2. The number of nitrogens with zero attached hydrogens (tertiary/aromatic N) is 2. The molecule has 2 amide bonds. The molecule has 33 heavy (non-hydrogen) atoms. The number of aryl methyl sites for hydroxylation is 1. The van der Waals surface area contributed by atoms with Crippen LogP contribution >= 0.6 is 0 Å². The van der Waals surface area contributed by atoms with E-state index < -0.39 is 0 Å². The number of rotatable bonds is 3. The van der Waals surface area contributed by atoms with Crippen LogP contribution in [-0.2, 0) is 11.2 Å². The van der Waals surface area contributed by atoms with Crippen LogP contribution in [-0.4, -0.2) is 54.4 Å². The van der Waals surface area contributed by atoms with Gasteiger partial charge in [-0.25, -0.2) is 0 Å². The Morgan fingerprint density at radius 1 is 1.00 bits per heavy atom. The van der Waals surface area contributed by atoms with Crippen LogP contribution in [0.5, 0.6) is 5.75 Å². The maximum atomic E-state index is 13.5. The molecular weight excluding hydrogens is 412 g/mol. The van der Waals surface area contributed by atoms with Gasteiger partial charge in [0, 0.05) is 20.1 Å². The average Bonchev–Trinajstić information content (AvgIpc) is 2.80. The molecule has 1 aliphatic rings. The van der Waals surface area contributed by atoms with Crippen molar-refractivity contribution in [3.63, 3.8) is 0 Å². The second-order valence-electron chi connectivity index (χ2n) is 9.51. The molecule has 178 valence electrons. The number of fused-ring (bicyclic) bond motifs is 1. The minimum atomic E-state index is -0.0632. The molecule has 0 bridgehead atoms. The first-order valence-corrected chi connectivity index (χ1v) is 12.2. The minimum Gasteiger partial charge on any atom is -0.491 e. The van der Waals surface area contributed by atoms with Crippen molar-refractivity contribution in [1.82, 2.24) is 9.80 Å². The third-order valence-electron chi connectivity index (χ3n) is 6.48. The lowest BCUT2D eigenvalue weighted by molar-refractivity contribution is -0.134. The van der Waals surface area contributed by atoms with E-state index in [1.54, 1.807) is 4.90 Å². The molecule has 3 rings (SSSR count). The molecule has 0 aliphatic carbocycles. The third-order valence-corrected chi connectivity index (χ3v) is 6.48. The van der Waals surface area contributed by atoms with Crippen LogP contribution in [0.4, 0.5) is 0 Å². The van der Waals surface area contributed by atoms with Gasteiger partial charge in [0.2, 0.25) is 5.91 Å². The Kier molecular flexibility index (Phi) is 8.93. The van der Waals surface area contributed by atoms with Gasteiger partial charge in [-0.15, -0.1) is 0 Å². The van der Waals surface area contributed by atoms with Crippen LogP contribution in [0.25, 0.3) is 0 Å². The fourth-order valence-electron chi connectivity index (χ4n) is 4.34. The van der Waals surface area contributed by atoms with Gasteiger partial charge in [0.05, 0.1) is 18.0 Å². The molecule has 2 aromatic carbocycles. The lowest BCUT2D eigenvalue weighted by Crippen LogP contribution is -2.48. The van der Waals surface area contributed by atoms with Crippen molar-refractivity contribution in [3.8, 4) is 5.75 Å². The quantitative estimate of drug-likeness (QED) is 0.652. The van der Waals surface area contributed by atoms with E-state index in [0.717, 1.165) is 44.3 Å². The normalized spacial score (nSPS) is 18.5. The first-order chi connectivity index (χ1) is 15.9. The zero-order valence-electron chi connectivity index (χ0n) is 20.5. The van der Waals surface area contributed by atoms with E-state index in [0.29, 0.717) is 24.3 Å². The molecule has 1 heterocycles. The largest absolute Gasteiger partial charge is 0.491 e. The molecule has 0 unspecified atom stereocenters. The Morgan fingerprint density at radius 3 is 2.36 bits per heavy atom. The molecular formula is C28H38N2O3. The van der Waals surface area contributed by atoms with Crippen molar-refractivity contribution in [1.29, 1.82) is 0 Å². The molecule has 0 saturated heterocycles. The Labute approximate surface area is 198 Å². The molecule has 0 fully saturated rings. The molecule has 1 aliphatic heterocycles. The SMILES string of the molecule is Cc1ccc(CC(=O)N2CCCCCCN(C)C(=O)c3ccccc3OC[C@@H]2C(C)C)cc1. The van der Waals surface area contributed by atoms with Crippen LogP contribution in [0.15, 0.2) is 48.5 Å². The first-order valence-electron chi connectivity index (χ1n) is 12.2. The number of amides is 2. The first kappa shape index (κ1) is 24.8. The molecule has 0 spiro atoms. The second kappa shape index (κ2) is 11.9. The summed E-state index contributed by atoms with van der Waals surface area (Å²) in [5.41, 5.74) is 2.81. The summed E-state index contributed by atoms with van der Waals surface area (Å²) in [5.74, 6) is 0.932. The summed E-state index contributed by atoms with van der Waals surface area (Å²) in [6, 6.07) is 15.6. The minimum absolute atomic E-state index is 0.0175. The number of para-hydroxylation sites is 1. The number of hydrogen-bond donors (Lipinski definition) is 0. The summed E-state index contributed by atoms with van der Waals surface area (Å²) in [6.45, 7) is 8.14. The summed E-state index contributed by atoms with van der Waals surface area (Å²) in [7, 11) is 1.85. The maximum absolute atomic E-state index is 13.5. The van der Waals surface area contributed by atoms with E-state index >= 15 is 0 Å². The lowest BCUT2D eigenvalue weighted by atomic mass is 10.0. The van der Waals surface area contributed by atoms with E-state index in [1.807, 2.05) is 48.3 Å². The summed E-state index contributed by atoms with van der Waals surface area (Å²) >= 11 is 0. The standard InChI is InChI=1S/C28H38N2O3/c1-21(2)25-20-33-26-12-8-7-11-24(26)28(32)29(4)17-9-5-6-10-18-30(25)27(31)19-23-15-13-22(3)14-16-23/h7-8,11-16,21,25H,5-6,9-10,17-20H2,1-4H3/t25-/m1/s1. The van der Waals surface area contributed by atoms with E-state index in [1.165, 1.54) is 5.56 Å². The summed E-state index contributed by atoms with van der Waals surface area (Å²) < 4.78 is 6.23. The van der Waals surface area contributed by atoms with Gasteiger partial charge in [-0.05, 0) is 43.4 Å². The Morgan fingerprint density at radius 2 is 1.67 bits per heavy atom. The molecule has 5 nitrogen and oxygen atoms in total. The topological polar surface area (TPSA) is 49.9 Å². The van der Waals surface area contributed by atoms with Gasteiger partial charge in [0.1, 0.15) is 12.4 Å². The Bertz CT molecular complexity index is 923. The van der Waals surface area contributed by atoms with Gasteiger partial charge in [-0.2, -0.15) is 0 Å². The summed E-state index contributed by atoms with van der Waals surface area (Å²) in [6.07, 6.45) is 4.39. The van der Waals surface area contributed by atoms with Gasteiger partial charge in [-0.3, -0.25) is 9.59 Å². The van der Waals surface area contributed by atoms with Gasteiger partial charge in [0.15, 0.2) is 0 Å². The van der Waals surface area contributed by atoms with Crippen molar-refractivity contribution >= 4 is 11.8 Å². The van der Waals surface area contributed by atoms with Crippen molar-refractivity contribution in [2.24, 2.45) is 5.92 Å². The average molecular weight is 451 g/mol. The number of carbonyl (C=O) groups is 2. The molecule has 0 aromatic heterocycles. The Hall–Kier alpha value is -2.82. The molecule has 0 radical (unpaired) electrons. The zero-order chi connectivity index (χ0) is 23.8. The van der Waals surface area contributed by atoms with Crippen LogP contribution in [0.2, 0.25) is 0 Å². The lowest BCUT2D eigenvalue weighted by Gasteiger charge is -2.35. The number of ether oxygens (including phenoxy) is 1. The fraction of sp³-hybridized carbons (Fsp3) is 0.500. The van der Waals surface area contributed by atoms with Crippen molar-refractivity contribution < 1.29 is 14.3 Å². The van der Waals surface area contributed by atoms with Crippen LogP contribution in [0.3, 0.4) is 0 Å². The van der Waals surface area contributed by atoms with Crippen LogP contribution in [0, 0.1) is 12.8 Å². The van der Waals surface area contributed by atoms with Crippen molar-refractivity contribution in [3.05, 3.63) is 65.2 Å². The third kappa shape index (κ3) is 6.83. The zero-order valence-corrected chi connectivity index (χ0v) is 20.5. The van der Waals surface area contributed by atoms with Gasteiger partial charge in [0.25, 0.3) is 5.91 Å². The predicted molar refractivity (Wildman–Crippen MR) is 133 cm³/mol. The molecule has 5 heteroatoms. The number of hydrogen-bond acceptors (Lipinski definition) is 3. The molecule has 0 saturated carbocycles. The van der Waals surface area contributed by atoms with E-state index in [9.17, 15) is 9.59 Å². The van der Waals surface area contributed by atoms with Gasteiger partial charge in [-0.1, -0.05) is 68.7 Å². The molecule has 2 aromatic rings. The highest BCUT2D eigenvalue weighted by molar-refractivity contribution is 5.96. The van der Waals surface area contributed by atoms with Gasteiger partial charge < -0.3 is 14.5 Å². The number of carbonyl (C=O) groups excluding carboxylic acids is 2. The summed E-state index contributed by atoms with van der Waals surface area (Å²) in [5, 5.41) is 0. The fourth-order valence-corrected chi connectivity index (χ4v) is 4.34. The summed E-state index contributed by atoms with van der Waals surface area (Å²) in [4.78, 5) is 30.3. The van der Waals surface area contributed by atoms with Gasteiger partial charge >= 0.3 is 0 Å². The van der Waals surface area contributed by atoms with E-state index in [4.69, 9.17) is 4.74 Å². The van der Waals surface area contributed by atoms with Crippen LogP contribution in [0.1, 0.15) is 61.0 Å². The highest BCUT2D eigenvalue weighted by atomic mass is 16.5. The smallest absolute Gasteiger partial charge is 0.257 e. The van der Waals surface area contributed by atoms with Crippen LogP contribution < -0.4 is 4.74 Å². The monoisotopic (exact) mass is 450 g/mol. The molecule has 1 atom stereocenters. The highest BCUT2D eigenvalue weighted by Crippen LogP contribution is 2.23. The predicted octanol–water partition coefficient (Wildman–Crippen LogP) is 5.12. The van der Waals surface area contributed by atoms with Crippen molar-refractivity contribution in [2.75, 3.05) is 26.7 Å². The highest BCUT2D eigenvalue weighted by Gasteiger charge is 2.28. The maximum Gasteiger partial charge on any atom is 0.257 e. The van der Waals surface area contributed by atoms with E-state index in [-0.39, 0.29) is 23.8 Å². The van der Waals surface area contributed by atoms with E-state index in [2.05, 4.69) is 32.9 Å². The molecule has 0 N–H and O–H groups in total. The second-order valence-corrected chi connectivity index (χ2v) is 9.51. The van der Waals surface area contributed by atoms with Crippen molar-refractivity contribution in [2.45, 2.75) is 58.9 Å².